The van der Waals surface area contributed by atoms with Crippen molar-refractivity contribution in [2.24, 2.45) is 0 Å². The van der Waals surface area contributed by atoms with Gasteiger partial charge in [0.15, 0.2) is 0 Å². The van der Waals surface area contributed by atoms with Crippen molar-refractivity contribution in [2.45, 2.75) is 31.7 Å². The molecule has 0 saturated heterocycles. The molecular formula is C13H15BrN2O2S2. The number of halogens is 1. The third kappa shape index (κ3) is 3.46. The Hall–Kier alpha value is -0.760. The normalized spacial score (nSPS) is 13.4. The molecule has 1 heterocycles. The van der Waals surface area contributed by atoms with E-state index in [1.807, 2.05) is 19.2 Å². The molecular weight excluding hydrogens is 360 g/mol. The zero-order valence-corrected chi connectivity index (χ0v) is 14.6. The number of sulfonamides is 1. The van der Waals surface area contributed by atoms with Gasteiger partial charge in [-0.3, -0.25) is 0 Å². The summed E-state index contributed by atoms with van der Waals surface area (Å²) < 4.78 is 28.2. The number of thiazole rings is 1. The summed E-state index contributed by atoms with van der Waals surface area (Å²) in [5.41, 5.74) is 1.78. The van der Waals surface area contributed by atoms with Gasteiger partial charge in [0, 0.05) is 15.5 Å². The van der Waals surface area contributed by atoms with Gasteiger partial charge in [-0.15, -0.1) is 11.3 Å². The van der Waals surface area contributed by atoms with Gasteiger partial charge in [-0.2, -0.15) is 0 Å². The third-order valence-corrected chi connectivity index (χ3v) is 6.35. The monoisotopic (exact) mass is 374 g/mol. The van der Waals surface area contributed by atoms with Crippen LogP contribution in [0.25, 0.3) is 0 Å². The second-order valence-corrected chi connectivity index (χ2v) is 8.04. The first-order chi connectivity index (χ1) is 9.29. The van der Waals surface area contributed by atoms with Gasteiger partial charge in [0.05, 0.1) is 10.9 Å². The van der Waals surface area contributed by atoms with Crippen molar-refractivity contribution in [1.82, 2.24) is 9.71 Å². The van der Waals surface area contributed by atoms with Crippen molar-refractivity contribution in [3.8, 4) is 0 Å². The number of benzene rings is 1. The van der Waals surface area contributed by atoms with Crippen LogP contribution in [0.3, 0.4) is 0 Å². The predicted molar refractivity (Wildman–Crippen MR) is 84.5 cm³/mol. The molecule has 0 bridgehead atoms. The fraction of sp³-hybridized carbons (Fsp3) is 0.308. The minimum atomic E-state index is -3.54. The Kier molecular flexibility index (Phi) is 4.63. The molecule has 0 saturated carbocycles. The second-order valence-electron chi connectivity index (χ2n) is 4.58. The van der Waals surface area contributed by atoms with E-state index in [9.17, 15) is 8.42 Å². The van der Waals surface area contributed by atoms with Crippen LogP contribution in [-0.4, -0.2) is 13.4 Å². The Balaban J connectivity index is 2.24. The van der Waals surface area contributed by atoms with Crippen LogP contribution in [0.5, 0.6) is 0 Å². The second kappa shape index (κ2) is 5.93. The van der Waals surface area contributed by atoms with Crippen molar-refractivity contribution in [3.05, 3.63) is 44.3 Å². The number of nitrogens with zero attached hydrogens (tertiary/aromatic N) is 1. The molecule has 1 atom stereocenters. The predicted octanol–water partition coefficient (Wildman–Crippen LogP) is 3.56. The van der Waals surface area contributed by atoms with Gasteiger partial charge in [-0.05, 0) is 44.5 Å². The minimum absolute atomic E-state index is 0.262. The summed E-state index contributed by atoms with van der Waals surface area (Å²) >= 11 is 4.82. The van der Waals surface area contributed by atoms with E-state index in [1.165, 1.54) is 11.3 Å². The molecule has 0 aliphatic carbocycles. The number of hydrogen-bond acceptors (Lipinski definition) is 4. The van der Waals surface area contributed by atoms with Gasteiger partial charge in [-0.1, -0.05) is 15.9 Å². The fourth-order valence-electron chi connectivity index (χ4n) is 1.71. The first-order valence-electron chi connectivity index (χ1n) is 6.00. The highest BCUT2D eigenvalue weighted by Gasteiger charge is 2.20. The van der Waals surface area contributed by atoms with E-state index in [0.29, 0.717) is 0 Å². The van der Waals surface area contributed by atoms with Crippen molar-refractivity contribution in [2.75, 3.05) is 0 Å². The van der Waals surface area contributed by atoms with E-state index in [1.54, 1.807) is 25.1 Å². The molecule has 0 radical (unpaired) electrons. The Morgan fingerprint density at radius 2 is 2.05 bits per heavy atom. The van der Waals surface area contributed by atoms with Gasteiger partial charge in [0.25, 0.3) is 0 Å². The summed E-state index contributed by atoms with van der Waals surface area (Å²) in [5.74, 6) is 0. The lowest BCUT2D eigenvalue weighted by molar-refractivity contribution is 0.566. The highest BCUT2D eigenvalue weighted by atomic mass is 79.9. The van der Waals surface area contributed by atoms with Crippen LogP contribution in [0.1, 0.15) is 29.2 Å². The van der Waals surface area contributed by atoms with Crippen molar-refractivity contribution < 1.29 is 8.42 Å². The Bertz CT molecular complexity index is 726. The molecule has 1 unspecified atom stereocenters. The maximum atomic E-state index is 12.3. The number of nitrogens with one attached hydrogen (secondary N) is 1. The van der Waals surface area contributed by atoms with E-state index >= 15 is 0 Å². The molecule has 1 N–H and O–H groups in total. The standard InChI is InChI=1S/C13H15BrN2O2S2/c1-8-6-11(4-5-12(8)14)20(17,18)16-10(3)13-15-9(2)7-19-13/h4-7,10,16H,1-3H3. The molecule has 20 heavy (non-hydrogen) atoms. The summed E-state index contributed by atoms with van der Waals surface area (Å²) in [7, 11) is -3.54. The molecule has 0 amide bonds. The van der Waals surface area contributed by atoms with E-state index in [2.05, 4.69) is 25.6 Å². The minimum Gasteiger partial charge on any atom is -0.245 e. The van der Waals surface area contributed by atoms with Crippen LogP contribution in [0.2, 0.25) is 0 Å². The molecule has 7 heteroatoms. The molecule has 4 nitrogen and oxygen atoms in total. The first-order valence-corrected chi connectivity index (χ1v) is 9.15. The maximum absolute atomic E-state index is 12.3. The maximum Gasteiger partial charge on any atom is 0.241 e. The van der Waals surface area contributed by atoms with Gasteiger partial charge in [0.1, 0.15) is 5.01 Å². The molecule has 108 valence electrons. The number of aryl methyl sites for hydroxylation is 2. The smallest absolute Gasteiger partial charge is 0.241 e. The van der Waals surface area contributed by atoms with Crippen LogP contribution in [0, 0.1) is 13.8 Å². The number of rotatable bonds is 4. The molecule has 1 aromatic carbocycles. The van der Waals surface area contributed by atoms with Crippen LogP contribution < -0.4 is 4.72 Å². The number of aromatic nitrogens is 1. The largest absolute Gasteiger partial charge is 0.245 e. The molecule has 0 aliphatic rings. The molecule has 2 aromatic rings. The average molecular weight is 375 g/mol. The van der Waals surface area contributed by atoms with Crippen molar-refractivity contribution in [1.29, 1.82) is 0 Å². The lowest BCUT2D eigenvalue weighted by Crippen LogP contribution is -2.26. The molecule has 2 rings (SSSR count). The van der Waals surface area contributed by atoms with Gasteiger partial charge in [0.2, 0.25) is 10.0 Å². The SMILES string of the molecule is Cc1csc(C(C)NS(=O)(=O)c2ccc(Br)c(C)c2)n1. The Morgan fingerprint density at radius 1 is 1.35 bits per heavy atom. The van der Waals surface area contributed by atoms with E-state index in [-0.39, 0.29) is 10.9 Å². The zero-order valence-electron chi connectivity index (χ0n) is 11.3. The molecule has 0 aliphatic heterocycles. The summed E-state index contributed by atoms with van der Waals surface area (Å²) in [6.07, 6.45) is 0. The quantitative estimate of drug-likeness (QED) is 0.889. The first kappa shape index (κ1) is 15.6. The molecule has 0 fully saturated rings. The summed E-state index contributed by atoms with van der Waals surface area (Å²) in [5, 5.41) is 2.67. The average Bonchev–Trinajstić information content (AvgIpc) is 2.79. The van der Waals surface area contributed by atoms with Crippen LogP contribution in [0.15, 0.2) is 32.9 Å². The third-order valence-electron chi connectivity index (χ3n) is 2.78. The highest BCUT2D eigenvalue weighted by Crippen LogP contribution is 2.23. The van der Waals surface area contributed by atoms with Crippen LogP contribution in [-0.2, 0) is 10.0 Å². The number of hydrogen-bond donors (Lipinski definition) is 1. The Morgan fingerprint density at radius 3 is 2.60 bits per heavy atom. The summed E-state index contributed by atoms with van der Waals surface area (Å²) in [4.78, 5) is 4.57. The fourth-order valence-corrected chi connectivity index (χ4v) is 4.12. The van der Waals surface area contributed by atoms with Gasteiger partial charge >= 0.3 is 0 Å². The lowest BCUT2D eigenvalue weighted by atomic mass is 10.2. The van der Waals surface area contributed by atoms with Crippen molar-refractivity contribution in [3.63, 3.8) is 0 Å². The Labute approximate surface area is 131 Å². The van der Waals surface area contributed by atoms with E-state index in [0.717, 1.165) is 20.7 Å². The molecule has 1 aromatic heterocycles. The van der Waals surface area contributed by atoms with Crippen LogP contribution >= 0.6 is 27.3 Å². The highest BCUT2D eigenvalue weighted by molar-refractivity contribution is 9.10. The topological polar surface area (TPSA) is 59.1 Å². The van der Waals surface area contributed by atoms with Gasteiger partial charge in [-0.25, -0.2) is 18.1 Å². The summed E-state index contributed by atoms with van der Waals surface area (Å²) in [6.45, 7) is 5.54. The van der Waals surface area contributed by atoms with Crippen LogP contribution in [0.4, 0.5) is 0 Å². The van der Waals surface area contributed by atoms with E-state index in [4.69, 9.17) is 0 Å². The zero-order chi connectivity index (χ0) is 14.9. The molecule has 0 spiro atoms. The van der Waals surface area contributed by atoms with Crippen molar-refractivity contribution >= 4 is 37.3 Å². The van der Waals surface area contributed by atoms with Gasteiger partial charge < -0.3 is 0 Å². The lowest BCUT2D eigenvalue weighted by Gasteiger charge is -2.12. The van der Waals surface area contributed by atoms with E-state index < -0.39 is 10.0 Å². The summed E-state index contributed by atoms with van der Waals surface area (Å²) in [6, 6.07) is 4.62.